The van der Waals surface area contributed by atoms with Crippen molar-refractivity contribution in [2.75, 3.05) is 6.54 Å². The van der Waals surface area contributed by atoms with E-state index in [0.29, 0.717) is 11.4 Å². The Hall–Kier alpha value is -0.870. The number of benzene rings is 1. The zero-order valence-corrected chi connectivity index (χ0v) is 10.9. The lowest BCUT2D eigenvalue weighted by Crippen LogP contribution is -2.25. The van der Waals surface area contributed by atoms with Crippen LogP contribution in [0.3, 0.4) is 0 Å². The Morgan fingerprint density at radius 3 is 2.56 bits per heavy atom. The van der Waals surface area contributed by atoms with E-state index in [1.807, 2.05) is 32.9 Å². The Balaban J connectivity index is 2.93. The van der Waals surface area contributed by atoms with Gasteiger partial charge in [-0.3, -0.25) is 0 Å². The molecule has 0 bridgehead atoms. The van der Waals surface area contributed by atoms with Crippen LogP contribution >= 0.6 is 0 Å². The largest absolute Gasteiger partial charge is 0.240 e. The van der Waals surface area contributed by atoms with E-state index in [2.05, 4.69) is 4.72 Å². The summed E-state index contributed by atoms with van der Waals surface area (Å²) in [5.74, 6) is 0. The lowest BCUT2D eigenvalue weighted by atomic mass is 10.2. The average Bonchev–Trinajstić information content (AvgIpc) is 2.22. The standard InChI is InChI=1S/C12H19NO2S/c1-4-5-8-13-16(14,15)12-9-10(2)6-7-11(12)3/h6-7,9,13H,4-5,8H2,1-3H3. The van der Waals surface area contributed by atoms with Gasteiger partial charge >= 0.3 is 0 Å². The molecule has 0 atom stereocenters. The molecule has 16 heavy (non-hydrogen) atoms. The molecule has 1 rings (SSSR count). The molecular formula is C12H19NO2S. The Labute approximate surface area is 97.9 Å². The van der Waals surface area contributed by atoms with E-state index in [-0.39, 0.29) is 0 Å². The van der Waals surface area contributed by atoms with E-state index in [4.69, 9.17) is 0 Å². The van der Waals surface area contributed by atoms with Gasteiger partial charge in [0.1, 0.15) is 0 Å². The average molecular weight is 241 g/mol. The lowest BCUT2D eigenvalue weighted by Gasteiger charge is -2.09. The summed E-state index contributed by atoms with van der Waals surface area (Å²) in [5, 5.41) is 0. The van der Waals surface area contributed by atoms with Gasteiger partial charge in [-0.15, -0.1) is 0 Å². The van der Waals surface area contributed by atoms with Gasteiger partial charge in [0.15, 0.2) is 0 Å². The van der Waals surface area contributed by atoms with Crippen LogP contribution in [0, 0.1) is 13.8 Å². The third kappa shape index (κ3) is 3.32. The second-order valence-corrected chi connectivity index (χ2v) is 5.76. The van der Waals surface area contributed by atoms with Crippen LogP contribution in [0.2, 0.25) is 0 Å². The maximum absolute atomic E-state index is 12.0. The number of unbranched alkanes of at least 4 members (excludes halogenated alkanes) is 1. The van der Waals surface area contributed by atoms with Crippen LogP contribution in [-0.2, 0) is 10.0 Å². The van der Waals surface area contributed by atoms with Crippen molar-refractivity contribution in [2.24, 2.45) is 0 Å². The minimum atomic E-state index is -3.34. The Bertz CT molecular complexity index is 452. The van der Waals surface area contributed by atoms with Crippen LogP contribution in [0.4, 0.5) is 0 Å². The molecule has 1 aromatic carbocycles. The first-order valence-corrected chi connectivity index (χ1v) is 7.02. The number of hydrogen-bond donors (Lipinski definition) is 1. The number of hydrogen-bond acceptors (Lipinski definition) is 2. The van der Waals surface area contributed by atoms with Gasteiger partial charge in [0, 0.05) is 6.54 Å². The molecule has 0 aliphatic rings. The highest BCUT2D eigenvalue weighted by molar-refractivity contribution is 7.89. The summed E-state index contributed by atoms with van der Waals surface area (Å²) in [4.78, 5) is 0.392. The molecular weight excluding hydrogens is 222 g/mol. The molecule has 1 aromatic rings. The van der Waals surface area contributed by atoms with Gasteiger partial charge < -0.3 is 0 Å². The van der Waals surface area contributed by atoms with Crippen molar-refractivity contribution in [1.29, 1.82) is 0 Å². The Kier molecular flexibility index (Phi) is 4.50. The summed E-state index contributed by atoms with van der Waals surface area (Å²) in [6.45, 7) is 6.25. The van der Waals surface area contributed by atoms with Gasteiger partial charge in [0.25, 0.3) is 0 Å². The summed E-state index contributed by atoms with van der Waals surface area (Å²) in [5.41, 5.74) is 1.75. The van der Waals surface area contributed by atoms with E-state index < -0.39 is 10.0 Å². The molecule has 1 N–H and O–H groups in total. The molecule has 0 saturated carbocycles. The normalized spacial score (nSPS) is 11.7. The molecule has 0 saturated heterocycles. The van der Waals surface area contributed by atoms with E-state index in [0.717, 1.165) is 24.0 Å². The SMILES string of the molecule is CCCCNS(=O)(=O)c1cc(C)ccc1C. The van der Waals surface area contributed by atoms with E-state index >= 15 is 0 Å². The molecule has 0 spiro atoms. The summed E-state index contributed by atoms with van der Waals surface area (Å²) in [6.07, 6.45) is 1.85. The monoisotopic (exact) mass is 241 g/mol. The molecule has 0 unspecified atom stereocenters. The molecule has 0 radical (unpaired) electrons. The van der Waals surface area contributed by atoms with Gasteiger partial charge in [0.05, 0.1) is 4.90 Å². The number of rotatable bonds is 5. The molecule has 3 nitrogen and oxygen atoms in total. The number of sulfonamides is 1. The predicted molar refractivity (Wildman–Crippen MR) is 66.0 cm³/mol. The molecule has 4 heteroatoms. The number of nitrogens with one attached hydrogen (secondary N) is 1. The number of aryl methyl sites for hydroxylation is 2. The first kappa shape index (κ1) is 13.2. The quantitative estimate of drug-likeness (QED) is 0.804. The van der Waals surface area contributed by atoms with Crippen molar-refractivity contribution in [3.63, 3.8) is 0 Å². The fourth-order valence-corrected chi connectivity index (χ4v) is 2.86. The van der Waals surface area contributed by atoms with Crippen LogP contribution in [0.15, 0.2) is 23.1 Å². The lowest BCUT2D eigenvalue weighted by molar-refractivity contribution is 0.577. The van der Waals surface area contributed by atoms with Gasteiger partial charge in [-0.2, -0.15) is 0 Å². The molecule has 0 aliphatic carbocycles. The molecule has 0 aromatic heterocycles. The molecule has 90 valence electrons. The summed E-state index contributed by atoms with van der Waals surface area (Å²) in [7, 11) is -3.34. The third-order valence-corrected chi connectivity index (χ3v) is 4.06. The Morgan fingerprint density at radius 2 is 1.94 bits per heavy atom. The third-order valence-electron chi connectivity index (χ3n) is 2.46. The van der Waals surface area contributed by atoms with Gasteiger partial charge in [-0.1, -0.05) is 25.5 Å². The van der Waals surface area contributed by atoms with Crippen LogP contribution in [0.5, 0.6) is 0 Å². The summed E-state index contributed by atoms with van der Waals surface area (Å²) < 4.78 is 26.6. The van der Waals surface area contributed by atoms with E-state index in [1.54, 1.807) is 6.07 Å². The van der Waals surface area contributed by atoms with Crippen molar-refractivity contribution < 1.29 is 8.42 Å². The first-order valence-electron chi connectivity index (χ1n) is 5.54. The predicted octanol–water partition coefficient (Wildman–Crippen LogP) is 2.38. The van der Waals surface area contributed by atoms with Crippen molar-refractivity contribution in [3.8, 4) is 0 Å². The smallest absolute Gasteiger partial charge is 0.211 e. The minimum absolute atomic E-state index is 0.392. The highest BCUT2D eigenvalue weighted by Gasteiger charge is 2.15. The summed E-state index contributed by atoms with van der Waals surface area (Å²) >= 11 is 0. The second-order valence-electron chi connectivity index (χ2n) is 4.02. The van der Waals surface area contributed by atoms with Gasteiger partial charge in [-0.05, 0) is 37.5 Å². The highest BCUT2D eigenvalue weighted by atomic mass is 32.2. The van der Waals surface area contributed by atoms with Gasteiger partial charge in [-0.25, -0.2) is 13.1 Å². The highest BCUT2D eigenvalue weighted by Crippen LogP contribution is 2.16. The van der Waals surface area contributed by atoms with Crippen molar-refractivity contribution in [2.45, 2.75) is 38.5 Å². The second kappa shape index (κ2) is 5.46. The molecule has 0 fully saturated rings. The molecule has 0 heterocycles. The van der Waals surface area contributed by atoms with Crippen LogP contribution in [-0.4, -0.2) is 15.0 Å². The molecule has 0 amide bonds. The van der Waals surface area contributed by atoms with E-state index in [9.17, 15) is 8.42 Å². The van der Waals surface area contributed by atoms with Crippen molar-refractivity contribution in [3.05, 3.63) is 29.3 Å². The maximum atomic E-state index is 12.0. The summed E-state index contributed by atoms with van der Waals surface area (Å²) in [6, 6.07) is 5.47. The van der Waals surface area contributed by atoms with Crippen molar-refractivity contribution >= 4 is 10.0 Å². The fourth-order valence-electron chi connectivity index (χ4n) is 1.46. The first-order chi connectivity index (χ1) is 7.47. The topological polar surface area (TPSA) is 46.2 Å². The van der Waals surface area contributed by atoms with Crippen LogP contribution < -0.4 is 4.72 Å². The van der Waals surface area contributed by atoms with Crippen LogP contribution in [0.1, 0.15) is 30.9 Å². The zero-order chi connectivity index (χ0) is 12.2. The van der Waals surface area contributed by atoms with E-state index in [1.165, 1.54) is 0 Å². The van der Waals surface area contributed by atoms with Gasteiger partial charge in [0.2, 0.25) is 10.0 Å². The minimum Gasteiger partial charge on any atom is -0.211 e. The zero-order valence-electron chi connectivity index (χ0n) is 10.1. The Morgan fingerprint density at radius 1 is 1.25 bits per heavy atom. The molecule has 0 aliphatic heterocycles. The fraction of sp³-hybridized carbons (Fsp3) is 0.500. The van der Waals surface area contributed by atoms with Crippen LogP contribution in [0.25, 0.3) is 0 Å². The maximum Gasteiger partial charge on any atom is 0.240 e. The van der Waals surface area contributed by atoms with Crippen molar-refractivity contribution in [1.82, 2.24) is 4.72 Å².